The molecule has 0 amide bonds. The summed E-state index contributed by atoms with van der Waals surface area (Å²) < 4.78 is 0. The lowest BCUT2D eigenvalue weighted by atomic mass is 9.89. The van der Waals surface area contributed by atoms with E-state index in [1.54, 1.807) is 0 Å². The summed E-state index contributed by atoms with van der Waals surface area (Å²) in [6, 6.07) is 51.8. The van der Waals surface area contributed by atoms with Crippen LogP contribution in [0.1, 0.15) is 22.3 Å². The molecule has 4 heteroatoms. The molecule has 0 atom stereocenters. The third-order valence-corrected chi connectivity index (χ3v) is 7.59. The lowest BCUT2D eigenvalue weighted by molar-refractivity contribution is 1.47. The molecule has 0 bridgehead atoms. The van der Waals surface area contributed by atoms with Crippen LogP contribution < -0.4 is 0 Å². The van der Waals surface area contributed by atoms with Crippen LogP contribution in [-0.2, 0) is 0 Å². The zero-order valence-electron chi connectivity index (χ0n) is 23.5. The molecular formula is C40H22N4. The van der Waals surface area contributed by atoms with Crippen LogP contribution in [0.5, 0.6) is 0 Å². The maximum atomic E-state index is 9.32. The maximum Gasteiger partial charge on any atom is 0.0991 e. The first kappa shape index (κ1) is 27.4. The Morgan fingerprint density at radius 3 is 0.545 bits per heavy atom. The van der Waals surface area contributed by atoms with E-state index >= 15 is 0 Å². The number of hydrogen-bond donors (Lipinski definition) is 0. The van der Waals surface area contributed by atoms with E-state index in [-0.39, 0.29) is 0 Å². The van der Waals surface area contributed by atoms with Crippen LogP contribution in [0.25, 0.3) is 55.6 Å². The van der Waals surface area contributed by atoms with Gasteiger partial charge in [-0.05, 0) is 141 Å². The molecule has 0 saturated carbocycles. The van der Waals surface area contributed by atoms with E-state index in [0.717, 1.165) is 55.6 Å². The molecule has 0 heterocycles. The maximum absolute atomic E-state index is 9.32. The van der Waals surface area contributed by atoms with Crippen LogP contribution in [0, 0.1) is 45.3 Å². The number of nitrogens with zero attached hydrogens (tertiary/aromatic N) is 4. The zero-order chi connectivity index (χ0) is 30.5. The Kier molecular flexibility index (Phi) is 7.50. The van der Waals surface area contributed by atoms with Crippen molar-refractivity contribution in [2.24, 2.45) is 0 Å². The predicted octanol–water partition coefficient (Wildman–Crippen LogP) is 9.51. The fraction of sp³-hybridized carbons (Fsp3) is 0. The zero-order valence-corrected chi connectivity index (χ0v) is 23.5. The standard InChI is InChI=1S/C40H22N4/c41-23-27-1-9-31(10-2-27)35-17-36(32-11-3-28(24-42)4-12-32)20-39(19-35)40-21-37(33-13-5-29(25-43)6-14-33)18-38(22-40)34-15-7-30(26-44)8-16-34/h1-22H. The van der Waals surface area contributed by atoms with Gasteiger partial charge in [-0.2, -0.15) is 21.0 Å². The molecule has 4 nitrogen and oxygen atoms in total. The molecule has 0 N–H and O–H groups in total. The second kappa shape index (κ2) is 12.0. The number of rotatable bonds is 5. The first-order chi connectivity index (χ1) is 21.6. The highest BCUT2D eigenvalue weighted by atomic mass is 14.2. The Hall–Kier alpha value is -6.72. The van der Waals surface area contributed by atoms with Crippen molar-refractivity contribution < 1.29 is 0 Å². The molecule has 6 aromatic carbocycles. The van der Waals surface area contributed by atoms with Crippen LogP contribution in [0.2, 0.25) is 0 Å². The second-order valence-electron chi connectivity index (χ2n) is 10.4. The van der Waals surface area contributed by atoms with Crippen LogP contribution >= 0.6 is 0 Å². The van der Waals surface area contributed by atoms with Gasteiger partial charge < -0.3 is 0 Å². The lowest BCUT2D eigenvalue weighted by Crippen LogP contribution is -1.90. The van der Waals surface area contributed by atoms with Gasteiger partial charge in [-0.25, -0.2) is 0 Å². The molecule has 6 rings (SSSR count). The molecule has 0 aliphatic carbocycles. The van der Waals surface area contributed by atoms with Gasteiger partial charge >= 0.3 is 0 Å². The van der Waals surface area contributed by atoms with Crippen LogP contribution in [0.3, 0.4) is 0 Å². The van der Waals surface area contributed by atoms with E-state index < -0.39 is 0 Å². The third kappa shape index (κ3) is 5.70. The summed E-state index contributed by atoms with van der Waals surface area (Å²) in [6.07, 6.45) is 0. The van der Waals surface area contributed by atoms with Crippen molar-refractivity contribution in [2.75, 3.05) is 0 Å². The van der Waals surface area contributed by atoms with Crippen molar-refractivity contribution in [1.29, 1.82) is 21.0 Å². The van der Waals surface area contributed by atoms with Gasteiger partial charge in [0, 0.05) is 0 Å². The largest absolute Gasteiger partial charge is 0.192 e. The highest BCUT2D eigenvalue weighted by Crippen LogP contribution is 2.37. The highest BCUT2D eigenvalue weighted by Gasteiger charge is 2.12. The van der Waals surface area contributed by atoms with Crippen molar-refractivity contribution >= 4 is 0 Å². The molecule has 44 heavy (non-hydrogen) atoms. The molecule has 202 valence electrons. The summed E-state index contributed by atoms with van der Waals surface area (Å²) in [5.74, 6) is 0. The van der Waals surface area contributed by atoms with Gasteiger partial charge in [-0.1, -0.05) is 48.5 Å². The fourth-order valence-electron chi connectivity index (χ4n) is 5.20. The van der Waals surface area contributed by atoms with Gasteiger partial charge in [-0.15, -0.1) is 0 Å². The van der Waals surface area contributed by atoms with E-state index in [1.165, 1.54) is 0 Å². The van der Waals surface area contributed by atoms with Crippen LogP contribution in [0.4, 0.5) is 0 Å². The molecule has 0 aromatic heterocycles. The summed E-state index contributed by atoms with van der Waals surface area (Å²) in [5, 5.41) is 37.3. The summed E-state index contributed by atoms with van der Waals surface area (Å²) in [4.78, 5) is 0. The minimum absolute atomic E-state index is 0.597. The Labute approximate surface area is 256 Å². The van der Waals surface area contributed by atoms with Crippen molar-refractivity contribution in [2.45, 2.75) is 0 Å². The van der Waals surface area contributed by atoms with E-state index in [2.05, 4.69) is 60.7 Å². The molecule has 6 aromatic rings. The fourth-order valence-corrected chi connectivity index (χ4v) is 5.20. The van der Waals surface area contributed by atoms with Gasteiger partial charge in [0.25, 0.3) is 0 Å². The van der Waals surface area contributed by atoms with E-state index in [1.807, 2.05) is 97.1 Å². The van der Waals surface area contributed by atoms with Gasteiger partial charge in [0.1, 0.15) is 0 Å². The number of hydrogen-bond acceptors (Lipinski definition) is 4. The molecule has 0 aliphatic rings. The molecule has 0 radical (unpaired) electrons. The van der Waals surface area contributed by atoms with Gasteiger partial charge in [0.05, 0.1) is 46.5 Å². The van der Waals surface area contributed by atoms with Gasteiger partial charge in [0.15, 0.2) is 0 Å². The first-order valence-corrected chi connectivity index (χ1v) is 13.9. The van der Waals surface area contributed by atoms with Gasteiger partial charge in [-0.3, -0.25) is 0 Å². The average molecular weight is 559 g/mol. The summed E-state index contributed by atoms with van der Waals surface area (Å²) in [5.41, 5.74) is 12.3. The minimum Gasteiger partial charge on any atom is -0.192 e. The van der Waals surface area contributed by atoms with Crippen molar-refractivity contribution in [3.8, 4) is 79.9 Å². The normalized spacial score (nSPS) is 10.2. The van der Waals surface area contributed by atoms with Crippen molar-refractivity contribution in [1.82, 2.24) is 0 Å². The summed E-state index contributed by atoms with van der Waals surface area (Å²) >= 11 is 0. The Morgan fingerprint density at radius 2 is 0.386 bits per heavy atom. The topological polar surface area (TPSA) is 95.2 Å². The predicted molar refractivity (Wildman–Crippen MR) is 172 cm³/mol. The monoisotopic (exact) mass is 558 g/mol. The molecular weight excluding hydrogens is 536 g/mol. The van der Waals surface area contributed by atoms with Crippen molar-refractivity contribution in [3.05, 3.63) is 156 Å². The van der Waals surface area contributed by atoms with Crippen molar-refractivity contribution in [3.63, 3.8) is 0 Å². The second-order valence-corrected chi connectivity index (χ2v) is 10.4. The summed E-state index contributed by atoms with van der Waals surface area (Å²) in [6.45, 7) is 0. The quantitative estimate of drug-likeness (QED) is 0.210. The molecule has 0 aliphatic heterocycles. The number of benzene rings is 6. The Morgan fingerprint density at radius 1 is 0.227 bits per heavy atom. The minimum atomic E-state index is 0.597. The third-order valence-electron chi connectivity index (χ3n) is 7.59. The first-order valence-electron chi connectivity index (χ1n) is 13.9. The van der Waals surface area contributed by atoms with E-state index in [9.17, 15) is 21.0 Å². The van der Waals surface area contributed by atoms with Crippen LogP contribution in [-0.4, -0.2) is 0 Å². The Balaban J connectivity index is 1.57. The smallest absolute Gasteiger partial charge is 0.0991 e. The SMILES string of the molecule is N#Cc1ccc(-c2cc(-c3ccc(C#N)cc3)cc(-c3cc(-c4ccc(C#N)cc4)cc(-c4ccc(C#N)cc4)c3)c2)cc1. The molecule has 0 fully saturated rings. The summed E-state index contributed by atoms with van der Waals surface area (Å²) in [7, 11) is 0. The highest BCUT2D eigenvalue weighted by molar-refractivity contribution is 5.86. The average Bonchev–Trinajstić information content (AvgIpc) is 3.11. The lowest BCUT2D eigenvalue weighted by Gasteiger charge is -2.15. The van der Waals surface area contributed by atoms with E-state index in [0.29, 0.717) is 22.3 Å². The Bertz CT molecular complexity index is 1850. The van der Waals surface area contributed by atoms with E-state index in [4.69, 9.17) is 0 Å². The molecule has 0 unspecified atom stereocenters. The molecule has 0 spiro atoms. The van der Waals surface area contributed by atoms with Gasteiger partial charge in [0.2, 0.25) is 0 Å². The van der Waals surface area contributed by atoms with Crippen LogP contribution in [0.15, 0.2) is 133 Å². The molecule has 0 saturated heterocycles. The number of nitriles is 4.